The molecule has 0 saturated heterocycles. The second-order valence-corrected chi connectivity index (χ2v) is 5.67. The zero-order valence-electron chi connectivity index (χ0n) is 8.96. The maximum Gasteiger partial charge on any atom is 0.0153 e. The summed E-state index contributed by atoms with van der Waals surface area (Å²) in [5.41, 5.74) is 5.98. The first-order valence-electron chi connectivity index (χ1n) is 5.53. The summed E-state index contributed by atoms with van der Waals surface area (Å²) in [6.07, 6.45) is 5.84. The summed E-state index contributed by atoms with van der Waals surface area (Å²) in [4.78, 5) is 0. The predicted octanol–water partition coefficient (Wildman–Crippen LogP) is 2.89. The molecule has 2 N–H and O–H groups in total. The highest BCUT2D eigenvalue weighted by Gasteiger charge is 2.15. The van der Waals surface area contributed by atoms with Crippen molar-refractivity contribution in [3.8, 4) is 0 Å². The van der Waals surface area contributed by atoms with E-state index in [-0.39, 0.29) is 0 Å². The monoisotopic (exact) mass is 201 g/mol. The van der Waals surface area contributed by atoms with Crippen LogP contribution in [0.1, 0.15) is 39.5 Å². The van der Waals surface area contributed by atoms with Crippen molar-refractivity contribution in [2.75, 3.05) is 11.5 Å². The van der Waals surface area contributed by atoms with Gasteiger partial charge in [0.25, 0.3) is 0 Å². The Kier molecular flexibility index (Phi) is 5.18. The molecule has 0 bridgehead atoms. The average molecular weight is 201 g/mol. The molecule has 13 heavy (non-hydrogen) atoms. The Labute approximate surface area is 86.8 Å². The van der Waals surface area contributed by atoms with Crippen molar-refractivity contribution in [2.24, 2.45) is 17.6 Å². The van der Waals surface area contributed by atoms with Gasteiger partial charge in [0.2, 0.25) is 0 Å². The average Bonchev–Trinajstić information content (AvgIpc) is 2.56. The smallest absolute Gasteiger partial charge is 0.0153 e. The lowest BCUT2D eigenvalue weighted by molar-refractivity contribution is 0.534. The van der Waals surface area contributed by atoms with Gasteiger partial charge in [-0.1, -0.05) is 26.7 Å². The molecule has 0 heterocycles. The van der Waals surface area contributed by atoms with Crippen LogP contribution >= 0.6 is 11.8 Å². The molecule has 0 radical (unpaired) electrons. The van der Waals surface area contributed by atoms with Gasteiger partial charge < -0.3 is 5.73 Å². The largest absolute Gasteiger partial charge is 0.327 e. The van der Waals surface area contributed by atoms with E-state index in [1.54, 1.807) is 0 Å². The van der Waals surface area contributed by atoms with Crippen LogP contribution in [0.2, 0.25) is 0 Å². The Morgan fingerprint density at radius 1 is 1.31 bits per heavy atom. The zero-order valence-corrected chi connectivity index (χ0v) is 9.78. The third kappa shape index (κ3) is 4.37. The van der Waals surface area contributed by atoms with Crippen molar-refractivity contribution in [2.45, 2.75) is 45.6 Å². The molecule has 0 amide bonds. The van der Waals surface area contributed by atoms with Crippen LogP contribution in [0, 0.1) is 11.8 Å². The maximum atomic E-state index is 5.98. The Morgan fingerprint density at radius 2 is 1.92 bits per heavy atom. The second kappa shape index (κ2) is 5.92. The SMILES string of the molecule is CC(C)C(N)CSCC1CCCC1. The summed E-state index contributed by atoms with van der Waals surface area (Å²) in [6, 6.07) is 0.395. The summed E-state index contributed by atoms with van der Waals surface area (Å²) in [6.45, 7) is 4.42. The van der Waals surface area contributed by atoms with Crippen molar-refractivity contribution in [1.29, 1.82) is 0 Å². The van der Waals surface area contributed by atoms with E-state index in [2.05, 4.69) is 25.6 Å². The van der Waals surface area contributed by atoms with Gasteiger partial charge in [0.1, 0.15) is 0 Å². The van der Waals surface area contributed by atoms with Gasteiger partial charge in [-0.15, -0.1) is 0 Å². The molecular formula is C11H23NS. The molecule has 0 aromatic rings. The van der Waals surface area contributed by atoms with Crippen molar-refractivity contribution >= 4 is 11.8 Å². The van der Waals surface area contributed by atoms with E-state index in [1.807, 2.05) is 0 Å². The third-order valence-electron chi connectivity index (χ3n) is 2.99. The van der Waals surface area contributed by atoms with E-state index >= 15 is 0 Å². The fraction of sp³-hybridized carbons (Fsp3) is 1.00. The summed E-state index contributed by atoms with van der Waals surface area (Å²) in [5.74, 6) is 4.13. The Morgan fingerprint density at radius 3 is 2.46 bits per heavy atom. The van der Waals surface area contributed by atoms with Crippen molar-refractivity contribution in [3.63, 3.8) is 0 Å². The lowest BCUT2D eigenvalue weighted by Crippen LogP contribution is -2.29. The zero-order chi connectivity index (χ0) is 9.68. The van der Waals surface area contributed by atoms with E-state index in [0.29, 0.717) is 12.0 Å². The van der Waals surface area contributed by atoms with E-state index in [1.165, 1.54) is 31.4 Å². The number of nitrogens with two attached hydrogens (primary N) is 1. The van der Waals surface area contributed by atoms with Crippen molar-refractivity contribution in [1.82, 2.24) is 0 Å². The molecule has 0 aliphatic heterocycles. The Hall–Kier alpha value is 0.310. The lowest BCUT2D eigenvalue weighted by atomic mass is 10.1. The minimum absolute atomic E-state index is 0.395. The van der Waals surface area contributed by atoms with E-state index in [9.17, 15) is 0 Å². The minimum atomic E-state index is 0.395. The van der Waals surface area contributed by atoms with Crippen LogP contribution in [0.15, 0.2) is 0 Å². The minimum Gasteiger partial charge on any atom is -0.327 e. The summed E-state index contributed by atoms with van der Waals surface area (Å²) in [7, 11) is 0. The first kappa shape index (κ1) is 11.4. The first-order valence-corrected chi connectivity index (χ1v) is 6.69. The molecule has 1 fully saturated rings. The first-order chi connectivity index (χ1) is 6.20. The van der Waals surface area contributed by atoms with Crippen LogP contribution < -0.4 is 5.73 Å². The summed E-state index contributed by atoms with van der Waals surface area (Å²) in [5, 5.41) is 0. The van der Waals surface area contributed by atoms with Gasteiger partial charge >= 0.3 is 0 Å². The Bertz CT molecular complexity index is 128. The highest BCUT2D eigenvalue weighted by Crippen LogP contribution is 2.28. The molecule has 2 heteroatoms. The number of rotatable bonds is 5. The standard InChI is InChI=1S/C11H23NS/c1-9(2)11(12)8-13-7-10-5-3-4-6-10/h9-11H,3-8,12H2,1-2H3. The van der Waals surface area contributed by atoms with Gasteiger partial charge in [-0.3, -0.25) is 0 Å². The third-order valence-corrected chi connectivity index (χ3v) is 4.32. The van der Waals surface area contributed by atoms with Crippen molar-refractivity contribution in [3.05, 3.63) is 0 Å². The van der Waals surface area contributed by atoms with Crippen LogP contribution in [0.3, 0.4) is 0 Å². The fourth-order valence-electron chi connectivity index (χ4n) is 1.74. The van der Waals surface area contributed by atoms with Crippen LogP contribution in [0.4, 0.5) is 0 Å². The maximum absolute atomic E-state index is 5.98. The number of hydrogen-bond donors (Lipinski definition) is 1. The second-order valence-electron chi connectivity index (χ2n) is 4.60. The molecule has 1 saturated carbocycles. The topological polar surface area (TPSA) is 26.0 Å². The molecule has 1 aliphatic rings. The Balaban J connectivity index is 1.99. The molecule has 78 valence electrons. The van der Waals surface area contributed by atoms with E-state index in [4.69, 9.17) is 5.73 Å². The normalized spacial score (nSPS) is 21.2. The van der Waals surface area contributed by atoms with Crippen LogP contribution in [-0.4, -0.2) is 17.5 Å². The predicted molar refractivity (Wildman–Crippen MR) is 62.1 cm³/mol. The number of hydrogen-bond acceptors (Lipinski definition) is 2. The molecule has 0 spiro atoms. The molecule has 1 unspecified atom stereocenters. The van der Waals surface area contributed by atoms with Gasteiger partial charge in [-0.05, 0) is 30.4 Å². The molecule has 1 atom stereocenters. The van der Waals surface area contributed by atoms with Crippen LogP contribution in [0.25, 0.3) is 0 Å². The molecular weight excluding hydrogens is 178 g/mol. The van der Waals surface area contributed by atoms with Gasteiger partial charge in [0, 0.05) is 11.8 Å². The molecule has 1 aliphatic carbocycles. The number of thioether (sulfide) groups is 1. The van der Waals surface area contributed by atoms with Crippen LogP contribution in [0.5, 0.6) is 0 Å². The molecule has 0 aromatic carbocycles. The highest BCUT2D eigenvalue weighted by molar-refractivity contribution is 7.99. The molecule has 0 aromatic heterocycles. The van der Waals surface area contributed by atoms with Crippen LogP contribution in [-0.2, 0) is 0 Å². The van der Waals surface area contributed by atoms with E-state index < -0.39 is 0 Å². The lowest BCUT2D eigenvalue weighted by Gasteiger charge is -2.16. The van der Waals surface area contributed by atoms with Gasteiger partial charge in [-0.25, -0.2) is 0 Å². The van der Waals surface area contributed by atoms with Gasteiger partial charge in [0.15, 0.2) is 0 Å². The van der Waals surface area contributed by atoms with Crippen molar-refractivity contribution < 1.29 is 0 Å². The molecule has 1 rings (SSSR count). The summed E-state index contributed by atoms with van der Waals surface area (Å²) >= 11 is 2.06. The van der Waals surface area contributed by atoms with Gasteiger partial charge in [0.05, 0.1) is 0 Å². The van der Waals surface area contributed by atoms with Gasteiger partial charge in [-0.2, -0.15) is 11.8 Å². The molecule has 1 nitrogen and oxygen atoms in total. The highest BCUT2D eigenvalue weighted by atomic mass is 32.2. The summed E-state index contributed by atoms with van der Waals surface area (Å²) < 4.78 is 0. The fourth-order valence-corrected chi connectivity index (χ4v) is 3.20. The quantitative estimate of drug-likeness (QED) is 0.740. The van der Waals surface area contributed by atoms with E-state index in [0.717, 1.165) is 11.7 Å².